The molecule has 13 nitrogen and oxygen atoms in total. The molecule has 2 heterocycles. The first-order valence-corrected chi connectivity index (χ1v) is 14.5. The number of benzene rings is 2. The van der Waals surface area contributed by atoms with Crippen LogP contribution in [0.4, 0.5) is 5.69 Å². The van der Waals surface area contributed by atoms with E-state index in [1.807, 2.05) is 24.3 Å². The van der Waals surface area contributed by atoms with E-state index < -0.39 is 29.7 Å². The zero-order valence-electron chi connectivity index (χ0n) is 24.4. The first kappa shape index (κ1) is 32.7. The molecule has 2 N–H and O–H groups in total. The number of piperidine rings is 1. The lowest BCUT2D eigenvalue weighted by Crippen LogP contribution is -2.54. The van der Waals surface area contributed by atoms with Crippen molar-refractivity contribution in [2.75, 3.05) is 71.3 Å². The van der Waals surface area contributed by atoms with Crippen molar-refractivity contribution in [2.24, 2.45) is 0 Å². The van der Waals surface area contributed by atoms with Crippen LogP contribution in [0, 0.1) is 0 Å². The number of nitrogens with one attached hydrogen (secondary N) is 2. The number of ether oxygens (including phenoxy) is 5. The first-order valence-electron chi connectivity index (χ1n) is 14.5. The lowest BCUT2D eigenvalue weighted by Gasteiger charge is -2.27. The molecule has 0 radical (unpaired) electrons. The normalized spacial score (nSPS) is 16.2. The van der Waals surface area contributed by atoms with Gasteiger partial charge in [-0.2, -0.15) is 0 Å². The summed E-state index contributed by atoms with van der Waals surface area (Å²) in [6.45, 7) is 4.07. The Balaban J connectivity index is 0.998. The van der Waals surface area contributed by atoms with Gasteiger partial charge in [0.2, 0.25) is 11.8 Å². The number of carbonyl (C=O) groups excluding carboxylic acids is 5. The molecule has 0 aromatic heterocycles. The van der Waals surface area contributed by atoms with Crippen molar-refractivity contribution in [1.82, 2.24) is 10.2 Å². The van der Waals surface area contributed by atoms with Crippen LogP contribution in [-0.2, 0) is 39.8 Å². The maximum absolute atomic E-state index is 13.1. The van der Waals surface area contributed by atoms with Gasteiger partial charge in [-0.3, -0.25) is 29.4 Å². The zero-order chi connectivity index (χ0) is 31.1. The van der Waals surface area contributed by atoms with E-state index in [1.165, 1.54) is 0 Å². The van der Waals surface area contributed by atoms with E-state index in [9.17, 15) is 24.0 Å². The summed E-state index contributed by atoms with van der Waals surface area (Å²) in [4.78, 5) is 61.2. The molecule has 44 heavy (non-hydrogen) atoms. The molecule has 4 amide bonds. The van der Waals surface area contributed by atoms with Crippen molar-refractivity contribution < 1.29 is 47.7 Å². The van der Waals surface area contributed by atoms with Crippen LogP contribution in [0.2, 0.25) is 0 Å². The van der Waals surface area contributed by atoms with Crippen molar-refractivity contribution in [2.45, 2.75) is 25.3 Å². The molecular formula is C31H37N3O10. The Hall–Kier alpha value is -4.17. The van der Waals surface area contributed by atoms with Crippen LogP contribution in [0.1, 0.15) is 39.1 Å². The van der Waals surface area contributed by atoms with E-state index >= 15 is 0 Å². The molecule has 1 fully saturated rings. The molecule has 4 rings (SSSR count). The summed E-state index contributed by atoms with van der Waals surface area (Å²) in [5.41, 5.74) is 1.85. The summed E-state index contributed by atoms with van der Waals surface area (Å²) in [6, 6.07) is 11.3. The van der Waals surface area contributed by atoms with Crippen LogP contribution in [0.3, 0.4) is 0 Å². The predicted molar refractivity (Wildman–Crippen MR) is 157 cm³/mol. The molecule has 0 spiro atoms. The highest BCUT2D eigenvalue weighted by molar-refractivity contribution is 6.25. The average molecular weight is 612 g/mol. The third kappa shape index (κ3) is 9.16. The Bertz CT molecular complexity index is 1300. The number of carbonyl (C=O) groups is 5. The van der Waals surface area contributed by atoms with Gasteiger partial charge < -0.3 is 33.8 Å². The van der Waals surface area contributed by atoms with E-state index in [4.69, 9.17) is 23.7 Å². The van der Waals surface area contributed by atoms with Crippen LogP contribution in [0.25, 0.3) is 0 Å². The highest BCUT2D eigenvalue weighted by atomic mass is 16.6. The van der Waals surface area contributed by atoms with Gasteiger partial charge in [0.25, 0.3) is 11.8 Å². The number of anilines is 1. The molecule has 1 saturated heterocycles. The summed E-state index contributed by atoms with van der Waals surface area (Å²) in [5, 5.41) is 5.32. The van der Waals surface area contributed by atoms with Crippen molar-refractivity contribution in [3.05, 3.63) is 59.2 Å². The predicted octanol–water partition coefficient (Wildman–Crippen LogP) is 1.39. The van der Waals surface area contributed by atoms with Gasteiger partial charge in [-0.15, -0.1) is 0 Å². The van der Waals surface area contributed by atoms with E-state index in [-0.39, 0.29) is 24.0 Å². The van der Waals surface area contributed by atoms with Gasteiger partial charge in [-0.25, -0.2) is 0 Å². The first-order chi connectivity index (χ1) is 21.5. The highest BCUT2D eigenvalue weighted by Gasteiger charge is 2.45. The molecule has 236 valence electrons. The standard InChI is InChI=1S/C31H37N3O10/c35-12-10-22-4-6-23(7-5-22)44-21-20-43-19-18-42-17-16-41-15-14-40-13-11-32-25-3-1-2-24-28(25)31(39)34(30(24)38)26-8-9-27(36)33-29(26)37/h1-7,12,26,32H,8-11,13-21H2,(H,33,36,37). The van der Waals surface area contributed by atoms with Gasteiger partial charge in [0.1, 0.15) is 24.7 Å². The second-order valence-corrected chi connectivity index (χ2v) is 9.91. The van der Waals surface area contributed by atoms with E-state index in [0.717, 1.165) is 22.5 Å². The third-order valence-electron chi connectivity index (χ3n) is 6.88. The molecule has 2 aromatic rings. The van der Waals surface area contributed by atoms with Gasteiger partial charge >= 0.3 is 0 Å². The van der Waals surface area contributed by atoms with Gasteiger partial charge in [0, 0.05) is 25.1 Å². The van der Waals surface area contributed by atoms with Gasteiger partial charge in [0.15, 0.2) is 0 Å². The number of fused-ring (bicyclic) bond motifs is 1. The fourth-order valence-corrected chi connectivity index (χ4v) is 4.72. The Morgan fingerprint density at radius 3 is 2.07 bits per heavy atom. The van der Waals surface area contributed by atoms with Crippen molar-refractivity contribution in [3.8, 4) is 5.75 Å². The molecule has 2 aliphatic rings. The molecule has 0 aliphatic carbocycles. The number of imide groups is 2. The Labute approximate surface area is 255 Å². The van der Waals surface area contributed by atoms with Crippen molar-refractivity contribution in [3.63, 3.8) is 0 Å². The van der Waals surface area contributed by atoms with Crippen molar-refractivity contribution in [1.29, 1.82) is 0 Å². The van der Waals surface area contributed by atoms with E-state index in [1.54, 1.807) is 18.2 Å². The van der Waals surface area contributed by atoms with Gasteiger partial charge in [0.05, 0.1) is 64.0 Å². The van der Waals surface area contributed by atoms with E-state index in [0.29, 0.717) is 78.1 Å². The molecule has 1 atom stereocenters. The average Bonchev–Trinajstić information content (AvgIpc) is 3.27. The fraction of sp³-hybridized carbons (Fsp3) is 0.452. The second kappa shape index (κ2) is 17.2. The van der Waals surface area contributed by atoms with Crippen molar-refractivity contribution >= 4 is 35.6 Å². The zero-order valence-corrected chi connectivity index (χ0v) is 24.4. The fourth-order valence-electron chi connectivity index (χ4n) is 4.72. The maximum atomic E-state index is 13.1. The van der Waals surface area contributed by atoms with E-state index in [2.05, 4.69) is 10.6 Å². The Morgan fingerprint density at radius 2 is 1.43 bits per heavy atom. The monoisotopic (exact) mass is 611 g/mol. The lowest BCUT2D eigenvalue weighted by atomic mass is 10.0. The molecule has 13 heteroatoms. The Morgan fingerprint density at radius 1 is 0.795 bits per heavy atom. The third-order valence-corrected chi connectivity index (χ3v) is 6.88. The molecule has 0 saturated carbocycles. The highest BCUT2D eigenvalue weighted by Crippen LogP contribution is 2.32. The van der Waals surface area contributed by atoms with Gasteiger partial charge in [-0.05, 0) is 36.2 Å². The lowest BCUT2D eigenvalue weighted by molar-refractivity contribution is -0.136. The SMILES string of the molecule is O=CCc1ccc(OCCOCCOCCOCCOCCNc2cccc3c2C(=O)N(C2CCC(=O)NC2=O)C3=O)cc1. The second-order valence-electron chi connectivity index (χ2n) is 9.91. The molecule has 1 unspecified atom stereocenters. The quantitative estimate of drug-likeness (QED) is 0.127. The summed E-state index contributed by atoms with van der Waals surface area (Å²) >= 11 is 0. The van der Waals surface area contributed by atoms with Crippen LogP contribution in [0.5, 0.6) is 5.75 Å². The molecule has 2 aromatic carbocycles. The van der Waals surface area contributed by atoms with Crippen LogP contribution in [0.15, 0.2) is 42.5 Å². The number of hydrogen-bond acceptors (Lipinski definition) is 11. The minimum absolute atomic E-state index is 0.0672. The summed E-state index contributed by atoms with van der Waals surface area (Å²) < 4.78 is 27.6. The van der Waals surface area contributed by atoms with Crippen LogP contribution < -0.4 is 15.4 Å². The number of aldehydes is 1. The number of nitrogens with zero attached hydrogens (tertiary/aromatic N) is 1. The summed E-state index contributed by atoms with van der Waals surface area (Å²) in [5.74, 6) is -1.44. The Kier molecular flexibility index (Phi) is 12.8. The summed E-state index contributed by atoms with van der Waals surface area (Å²) in [6.07, 6.45) is 1.43. The molecular weight excluding hydrogens is 574 g/mol. The number of amides is 4. The minimum atomic E-state index is -1.01. The maximum Gasteiger partial charge on any atom is 0.264 e. The number of rotatable bonds is 20. The topological polar surface area (TPSA) is 159 Å². The molecule has 2 aliphatic heterocycles. The number of hydrogen-bond donors (Lipinski definition) is 2. The molecule has 0 bridgehead atoms. The van der Waals surface area contributed by atoms with Crippen LogP contribution in [-0.4, -0.2) is 107 Å². The smallest absolute Gasteiger partial charge is 0.264 e. The van der Waals surface area contributed by atoms with Gasteiger partial charge in [-0.1, -0.05) is 18.2 Å². The largest absolute Gasteiger partial charge is 0.491 e. The minimum Gasteiger partial charge on any atom is -0.491 e. The summed E-state index contributed by atoms with van der Waals surface area (Å²) in [7, 11) is 0. The van der Waals surface area contributed by atoms with Crippen LogP contribution >= 0.6 is 0 Å².